The number of nitrogens with two attached hydrogens (primary N) is 1. The fourth-order valence-corrected chi connectivity index (χ4v) is 1.16. The van der Waals surface area contributed by atoms with Crippen LogP contribution in [0, 0.1) is 0 Å². The maximum atomic E-state index is 10.5. The van der Waals surface area contributed by atoms with Crippen LogP contribution in [0.25, 0.3) is 0 Å². The quantitative estimate of drug-likeness (QED) is 0.489. The van der Waals surface area contributed by atoms with Crippen LogP contribution in [0.2, 0.25) is 0 Å². The molecule has 0 aliphatic rings. The first kappa shape index (κ1) is 11.7. The van der Waals surface area contributed by atoms with Gasteiger partial charge in [0.15, 0.2) is 0 Å². The van der Waals surface area contributed by atoms with Gasteiger partial charge in [0.05, 0.1) is 5.56 Å². The van der Waals surface area contributed by atoms with Gasteiger partial charge in [-0.1, -0.05) is 12.1 Å². The second-order valence-electron chi connectivity index (χ2n) is 3.28. The summed E-state index contributed by atoms with van der Waals surface area (Å²) in [5.74, 6) is -1.76. The molecule has 0 saturated carbocycles. The van der Waals surface area contributed by atoms with E-state index in [1.807, 2.05) is 0 Å². The Balaban J connectivity index is 2.68. The highest BCUT2D eigenvalue weighted by Crippen LogP contribution is 2.06. The van der Waals surface area contributed by atoms with Gasteiger partial charge in [0.25, 0.3) is 0 Å². The molecule has 80 valence electrons. The summed E-state index contributed by atoms with van der Waals surface area (Å²) in [6.45, 7) is 0. The monoisotopic (exact) mass is 209 g/mol. The molecule has 6 heteroatoms. The zero-order chi connectivity index (χ0) is 11.4. The molecule has 0 fully saturated rings. The Morgan fingerprint density at radius 2 is 1.87 bits per heavy atom. The van der Waals surface area contributed by atoms with Gasteiger partial charge in [-0.3, -0.25) is 0 Å². The van der Waals surface area contributed by atoms with E-state index in [2.05, 4.69) is 0 Å². The van der Waals surface area contributed by atoms with E-state index in [-0.39, 0.29) is 12.0 Å². The maximum Gasteiger partial charge on any atom is 0.469 e. The summed E-state index contributed by atoms with van der Waals surface area (Å²) < 4.78 is 0. The van der Waals surface area contributed by atoms with Crippen LogP contribution >= 0.6 is 0 Å². The number of benzene rings is 1. The molecule has 1 aromatic carbocycles. The number of aromatic carboxylic acids is 1. The molecule has 0 heterocycles. The van der Waals surface area contributed by atoms with Crippen LogP contribution in [0.1, 0.15) is 15.9 Å². The van der Waals surface area contributed by atoms with E-state index in [9.17, 15) is 4.79 Å². The summed E-state index contributed by atoms with van der Waals surface area (Å²) >= 11 is 0. The van der Waals surface area contributed by atoms with Crippen molar-refractivity contribution >= 4 is 13.1 Å². The first-order chi connectivity index (χ1) is 7.00. The molecule has 0 saturated heterocycles. The number of carboxylic acid groups (broad SMARTS) is 1. The van der Waals surface area contributed by atoms with Gasteiger partial charge in [0.2, 0.25) is 0 Å². The van der Waals surface area contributed by atoms with Crippen LogP contribution in [-0.4, -0.2) is 34.2 Å². The molecule has 1 rings (SSSR count). The van der Waals surface area contributed by atoms with Crippen LogP contribution < -0.4 is 5.73 Å². The topological polar surface area (TPSA) is 104 Å². The Bertz CT molecular complexity index is 338. The second kappa shape index (κ2) is 4.93. The molecule has 1 aromatic rings. The molecular weight excluding hydrogens is 197 g/mol. The van der Waals surface area contributed by atoms with Gasteiger partial charge >= 0.3 is 13.1 Å². The second-order valence-corrected chi connectivity index (χ2v) is 3.28. The van der Waals surface area contributed by atoms with E-state index in [4.69, 9.17) is 20.9 Å². The van der Waals surface area contributed by atoms with Crippen LogP contribution in [0.3, 0.4) is 0 Å². The SMILES string of the molecule is NC(Cc1ccc(C(=O)O)cc1)B(O)O. The Morgan fingerprint density at radius 3 is 2.27 bits per heavy atom. The van der Waals surface area contributed by atoms with Crippen LogP contribution in [-0.2, 0) is 6.42 Å². The number of carboxylic acids is 1. The molecule has 5 N–H and O–H groups in total. The number of carbonyl (C=O) groups is 1. The number of rotatable bonds is 4. The van der Waals surface area contributed by atoms with E-state index < -0.39 is 19.0 Å². The first-order valence-electron chi connectivity index (χ1n) is 4.44. The normalized spacial score (nSPS) is 12.2. The van der Waals surface area contributed by atoms with Crippen LogP contribution in [0.4, 0.5) is 0 Å². The standard InChI is InChI=1S/C9H12BNO4/c11-8(10(14)15)5-6-1-3-7(4-2-6)9(12)13/h1-4,8,14-15H,5,11H2,(H,12,13). The van der Waals surface area contributed by atoms with Crippen LogP contribution in [0.15, 0.2) is 24.3 Å². The first-order valence-corrected chi connectivity index (χ1v) is 4.44. The van der Waals surface area contributed by atoms with Gasteiger partial charge in [-0.25, -0.2) is 4.79 Å². The molecule has 0 aromatic heterocycles. The average Bonchev–Trinajstić information content (AvgIpc) is 2.18. The Morgan fingerprint density at radius 1 is 1.33 bits per heavy atom. The smallest absolute Gasteiger partial charge is 0.469 e. The lowest BCUT2D eigenvalue weighted by molar-refractivity contribution is 0.0697. The highest BCUT2D eigenvalue weighted by Gasteiger charge is 2.18. The van der Waals surface area contributed by atoms with Crippen molar-refractivity contribution in [2.75, 3.05) is 0 Å². The van der Waals surface area contributed by atoms with Gasteiger partial charge in [-0.2, -0.15) is 0 Å². The van der Waals surface area contributed by atoms with Gasteiger partial charge in [-0.15, -0.1) is 0 Å². The highest BCUT2D eigenvalue weighted by atomic mass is 16.4. The minimum Gasteiger partial charge on any atom is -0.478 e. The van der Waals surface area contributed by atoms with E-state index in [0.29, 0.717) is 0 Å². The summed E-state index contributed by atoms with van der Waals surface area (Å²) in [7, 11) is -1.57. The minimum atomic E-state index is -1.57. The van der Waals surface area contributed by atoms with Crippen molar-refractivity contribution in [2.24, 2.45) is 5.73 Å². The lowest BCUT2D eigenvalue weighted by Gasteiger charge is -2.09. The van der Waals surface area contributed by atoms with Crippen molar-refractivity contribution in [3.63, 3.8) is 0 Å². The van der Waals surface area contributed by atoms with Crippen molar-refractivity contribution in [3.05, 3.63) is 35.4 Å². The molecule has 0 aliphatic carbocycles. The number of hydrogen-bond acceptors (Lipinski definition) is 4. The molecule has 0 bridgehead atoms. The number of hydrogen-bond donors (Lipinski definition) is 4. The van der Waals surface area contributed by atoms with Crippen molar-refractivity contribution < 1.29 is 19.9 Å². The average molecular weight is 209 g/mol. The van der Waals surface area contributed by atoms with Crippen molar-refractivity contribution in [1.29, 1.82) is 0 Å². The van der Waals surface area contributed by atoms with Gasteiger partial charge in [0, 0.05) is 5.94 Å². The molecule has 0 spiro atoms. The molecule has 1 unspecified atom stereocenters. The molecular formula is C9H12BNO4. The summed E-state index contributed by atoms with van der Waals surface area (Å²) in [5.41, 5.74) is 6.39. The molecule has 0 radical (unpaired) electrons. The maximum absolute atomic E-state index is 10.5. The lowest BCUT2D eigenvalue weighted by atomic mass is 9.77. The summed E-state index contributed by atoms with van der Waals surface area (Å²) in [4.78, 5) is 10.5. The zero-order valence-electron chi connectivity index (χ0n) is 8.00. The summed E-state index contributed by atoms with van der Waals surface area (Å²) in [5, 5.41) is 26.2. The molecule has 15 heavy (non-hydrogen) atoms. The van der Waals surface area contributed by atoms with Crippen molar-refractivity contribution in [2.45, 2.75) is 12.4 Å². The van der Waals surface area contributed by atoms with E-state index in [0.717, 1.165) is 5.56 Å². The van der Waals surface area contributed by atoms with Crippen molar-refractivity contribution in [3.8, 4) is 0 Å². The van der Waals surface area contributed by atoms with E-state index in [1.165, 1.54) is 12.1 Å². The predicted octanol–water partition coefficient (Wildman–Crippen LogP) is -0.733. The predicted molar refractivity (Wildman–Crippen MR) is 55.3 cm³/mol. The highest BCUT2D eigenvalue weighted by molar-refractivity contribution is 6.43. The van der Waals surface area contributed by atoms with Gasteiger partial charge in [0.1, 0.15) is 0 Å². The third-order valence-corrected chi connectivity index (χ3v) is 2.06. The Kier molecular flexibility index (Phi) is 3.84. The Hall–Kier alpha value is -1.37. The van der Waals surface area contributed by atoms with Gasteiger partial charge < -0.3 is 20.9 Å². The van der Waals surface area contributed by atoms with Crippen molar-refractivity contribution in [1.82, 2.24) is 0 Å². The molecule has 0 aliphatic heterocycles. The molecule has 0 amide bonds. The largest absolute Gasteiger partial charge is 0.478 e. The van der Waals surface area contributed by atoms with E-state index >= 15 is 0 Å². The third kappa shape index (κ3) is 3.36. The third-order valence-electron chi connectivity index (χ3n) is 2.06. The summed E-state index contributed by atoms with van der Waals surface area (Å²) in [6.07, 6.45) is 0.289. The zero-order valence-corrected chi connectivity index (χ0v) is 8.00. The summed E-state index contributed by atoms with van der Waals surface area (Å²) in [6, 6.07) is 6.11. The lowest BCUT2D eigenvalue weighted by Crippen LogP contribution is -2.40. The van der Waals surface area contributed by atoms with Crippen LogP contribution in [0.5, 0.6) is 0 Å². The molecule has 1 atom stereocenters. The fraction of sp³-hybridized carbons (Fsp3) is 0.222. The van der Waals surface area contributed by atoms with E-state index in [1.54, 1.807) is 12.1 Å². The fourth-order valence-electron chi connectivity index (χ4n) is 1.16. The minimum absolute atomic E-state index is 0.192. The molecule has 5 nitrogen and oxygen atoms in total. The van der Waals surface area contributed by atoms with Gasteiger partial charge in [-0.05, 0) is 24.1 Å². The Labute approximate surface area is 87.3 Å².